The Labute approximate surface area is 166 Å². The maximum absolute atomic E-state index is 12.5. The van der Waals surface area contributed by atoms with Crippen molar-refractivity contribution < 1.29 is 33.3 Å². The quantitative estimate of drug-likeness (QED) is 0.329. The summed E-state index contributed by atoms with van der Waals surface area (Å²) in [5.74, 6) is 0.0225. The van der Waals surface area contributed by atoms with E-state index in [1.54, 1.807) is 36.4 Å². The highest BCUT2D eigenvalue weighted by Crippen LogP contribution is 2.33. The molecule has 29 heavy (non-hydrogen) atoms. The molecular weight excluding hydrogens is 378 g/mol. The number of ether oxygens (including phenoxy) is 5. The van der Waals surface area contributed by atoms with E-state index in [2.05, 4.69) is 4.74 Å². The van der Waals surface area contributed by atoms with Crippen LogP contribution in [0.3, 0.4) is 0 Å². The molecule has 0 aliphatic carbocycles. The van der Waals surface area contributed by atoms with Gasteiger partial charge in [-0.05, 0) is 35.9 Å². The minimum Gasteiger partial charge on any atom is -0.493 e. The normalized spacial score (nSPS) is 15.1. The van der Waals surface area contributed by atoms with Crippen molar-refractivity contribution >= 4 is 18.0 Å². The number of nitrogens with zero attached hydrogens (tertiary/aromatic N) is 1. The standard InChI is InChI=1S/C21H17NO7/c1-25-18-10-13(9-14(11-22)20(23)26-2)7-8-17(18)29-21(24)19-12-27-15-5-3-4-6-16(15)28-19/h3-10,19H,12H2,1-2H3/b14-9+. The number of carbonyl (C=O) groups is 2. The maximum Gasteiger partial charge on any atom is 0.356 e. The Morgan fingerprint density at radius 2 is 1.90 bits per heavy atom. The third-order valence-corrected chi connectivity index (χ3v) is 4.01. The molecule has 0 radical (unpaired) electrons. The van der Waals surface area contributed by atoms with E-state index in [-0.39, 0.29) is 23.7 Å². The fourth-order valence-corrected chi connectivity index (χ4v) is 2.58. The summed E-state index contributed by atoms with van der Waals surface area (Å²) in [6, 6.07) is 13.4. The third-order valence-electron chi connectivity index (χ3n) is 4.01. The zero-order valence-electron chi connectivity index (χ0n) is 15.7. The first-order valence-electron chi connectivity index (χ1n) is 8.54. The predicted octanol–water partition coefficient (Wildman–Crippen LogP) is 2.52. The second kappa shape index (κ2) is 8.80. The highest BCUT2D eigenvalue weighted by atomic mass is 16.6. The van der Waals surface area contributed by atoms with Crippen LogP contribution in [0.4, 0.5) is 0 Å². The highest BCUT2D eigenvalue weighted by Gasteiger charge is 2.29. The van der Waals surface area contributed by atoms with Crippen molar-refractivity contribution in [1.82, 2.24) is 0 Å². The van der Waals surface area contributed by atoms with Crippen molar-refractivity contribution in [3.8, 4) is 29.1 Å². The molecule has 2 aromatic carbocycles. The van der Waals surface area contributed by atoms with E-state index in [9.17, 15) is 9.59 Å². The molecular formula is C21H17NO7. The number of esters is 2. The van der Waals surface area contributed by atoms with Crippen LogP contribution < -0.4 is 18.9 Å². The summed E-state index contributed by atoms with van der Waals surface area (Å²) in [4.78, 5) is 24.0. The van der Waals surface area contributed by atoms with Crippen LogP contribution in [0.25, 0.3) is 6.08 Å². The molecule has 0 saturated carbocycles. The van der Waals surface area contributed by atoms with Gasteiger partial charge in [-0.2, -0.15) is 5.26 Å². The lowest BCUT2D eigenvalue weighted by Gasteiger charge is -2.25. The van der Waals surface area contributed by atoms with Crippen LogP contribution in [0, 0.1) is 11.3 Å². The molecule has 0 spiro atoms. The van der Waals surface area contributed by atoms with Gasteiger partial charge in [0.15, 0.2) is 23.0 Å². The zero-order chi connectivity index (χ0) is 20.8. The van der Waals surface area contributed by atoms with Gasteiger partial charge in [0.2, 0.25) is 6.10 Å². The third kappa shape index (κ3) is 4.47. The summed E-state index contributed by atoms with van der Waals surface area (Å²) in [5.41, 5.74) is 0.320. The Balaban J connectivity index is 1.76. The Morgan fingerprint density at radius 3 is 2.59 bits per heavy atom. The number of hydrogen-bond acceptors (Lipinski definition) is 8. The largest absolute Gasteiger partial charge is 0.493 e. The fourth-order valence-electron chi connectivity index (χ4n) is 2.58. The van der Waals surface area contributed by atoms with Gasteiger partial charge < -0.3 is 23.7 Å². The molecule has 0 saturated heterocycles. The minimum atomic E-state index is -0.932. The molecule has 1 aliphatic heterocycles. The average molecular weight is 395 g/mol. The van der Waals surface area contributed by atoms with Gasteiger partial charge in [-0.25, -0.2) is 9.59 Å². The first kappa shape index (κ1) is 19.8. The van der Waals surface area contributed by atoms with E-state index >= 15 is 0 Å². The minimum absolute atomic E-state index is 0.0175. The van der Waals surface area contributed by atoms with Gasteiger partial charge in [0, 0.05) is 0 Å². The molecule has 1 unspecified atom stereocenters. The molecule has 0 fully saturated rings. The summed E-state index contributed by atoms with van der Waals surface area (Å²) in [6.45, 7) is 0.0175. The summed E-state index contributed by atoms with van der Waals surface area (Å²) in [5, 5.41) is 9.06. The van der Waals surface area contributed by atoms with Crippen molar-refractivity contribution in [3.63, 3.8) is 0 Å². The number of benzene rings is 2. The summed E-state index contributed by atoms with van der Waals surface area (Å²) >= 11 is 0. The summed E-state index contributed by atoms with van der Waals surface area (Å²) in [7, 11) is 2.59. The van der Waals surface area contributed by atoms with E-state index < -0.39 is 18.0 Å². The second-order valence-electron chi connectivity index (χ2n) is 5.86. The Hall–Kier alpha value is -3.99. The van der Waals surface area contributed by atoms with Crippen LogP contribution in [0.5, 0.6) is 23.0 Å². The Kier molecular flexibility index (Phi) is 6.00. The first-order chi connectivity index (χ1) is 14.0. The Morgan fingerprint density at radius 1 is 1.14 bits per heavy atom. The van der Waals surface area contributed by atoms with Crippen LogP contribution >= 0.6 is 0 Å². The number of methoxy groups -OCH3 is 2. The molecule has 0 bridgehead atoms. The van der Waals surface area contributed by atoms with Crippen molar-refractivity contribution in [2.24, 2.45) is 0 Å². The average Bonchev–Trinajstić information content (AvgIpc) is 2.77. The SMILES string of the molecule is COC(=O)/C(C#N)=C/c1ccc(OC(=O)C2COc3ccccc3O2)c(OC)c1. The number of hydrogen-bond donors (Lipinski definition) is 0. The lowest BCUT2D eigenvalue weighted by molar-refractivity contribution is -0.144. The van der Waals surface area contributed by atoms with Crippen molar-refractivity contribution in [1.29, 1.82) is 5.26 Å². The van der Waals surface area contributed by atoms with Gasteiger partial charge in [-0.3, -0.25) is 0 Å². The number of para-hydroxylation sites is 2. The number of nitriles is 1. The van der Waals surface area contributed by atoms with Crippen LogP contribution in [-0.2, 0) is 14.3 Å². The van der Waals surface area contributed by atoms with E-state index in [0.29, 0.717) is 17.1 Å². The predicted molar refractivity (Wildman–Crippen MR) is 101 cm³/mol. The molecule has 1 heterocycles. The van der Waals surface area contributed by atoms with Crippen LogP contribution in [0.15, 0.2) is 48.0 Å². The van der Waals surface area contributed by atoms with Crippen molar-refractivity contribution in [3.05, 3.63) is 53.6 Å². The van der Waals surface area contributed by atoms with Gasteiger partial charge >= 0.3 is 11.9 Å². The highest BCUT2D eigenvalue weighted by molar-refractivity contribution is 5.97. The van der Waals surface area contributed by atoms with Gasteiger partial charge in [-0.15, -0.1) is 0 Å². The summed E-state index contributed by atoms with van der Waals surface area (Å²) < 4.78 is 26.4. The molecule has 8 nitrogen and oxygen atoms in total. The van der Waals surface area contributed by atoms with E-state index in [0.717, 1.165) is 0 Å². The molecule has 0 amide bonds. The fraction of sp³-hybridized carbons (Fsp3) is 0.190. The molecule has 148 valence electrons. The molecule has 2 aromatic rings. The maximum atomic E-state index is 12.5. The summed E-state index contributed by atoms with van der Waals surface area (Å²) in [6.07, 6.45) is 0.410. The Bertz CT molecular complexity index is 1010. The molecule has 1 aliphatic rings. The van der Waals surface area contributed by atoms with Crippen molar-refractivity contribution in [2.45, 2.75) is 6.10 Å². The zero-order valence-corrected chi connectivity index (χ0v) is 15.7. The van der Waals surface area contributed by atoms with Gasteiger partial charge in [0.25, 0.3) is 0 Å². The molecule has 3 rings (SSSR count). The molecule has 1 atom stereocenters. The van der Waals surface area contributed by atoms with Crippen LogP contribution in [0.1, 0.15) is 5.56 Å². The number of rotatable bonds is 5. The molecule has 0 N–H and O–H groups in total. The molecule has 0 aromatic heterocycles. The van der Waals surface area contributed by atoms with Gasteiger partial charge in [-0.1, -0.05) is 18.2 Å². The topological polar surface area (TPSA) is 104 Å². The van der Waals surface area contributed by atoms with E-state index in [1.807, 2.05) is 0 Å². The number of fused-ring (bicyclic) bond motifs is 1. The lowest BCUT2D eigenvalue weighted by Crippen LogP contribution is -2.39. The number of carbonyl (C=O) groups excluding carboxylic acids is 2. The lowest BCUT2D eigenvalue weighted by atomic mass is 10.1. The van der Waals surface area contributed by atoms with Gasteiger partial charge in [0.1, 0.15) is 18.2 Å². The van der Waals surface area contributed by atoms with E-state index in [4.69, 9.17) is 24.2 Å². The van der Waals surface area contributed by atoms with Crippen LogP contribution in [0.2, 0.25) is 0 Å². The molecule has 8 heteroatoms. The van der Waals surface area contributed by atoms with E-state index in [1.165, 1.54) is 32.4 Å². The van der Waals surface area contributed by atoms with Crippen LogP contribution in [-0.4, -0.2) is 38.9 Å². The van der Waals surface area contributed by atoms with Gasteiger partial charge in [0.05, 0.1) is 14.2 Å². The smallest absolute Gasteiger partial charge is 0.356 e. The second-order valence-corrected chi connectivity index (χ2v) is 5.86. The van der Waals surface area contributed by atoms with Crippen molar-refractivity contribution in [2.75, 3.05) is 20.8 Å². The monoisotopic (exact) mass is 395 g/mol. The first-order valence-corrected chi connectivity index (χ1v) is 8.54.